The van der Waals surface area contributed by atoms with Crippen LogP contribution in [0.15, 0.2) is 18.2 Å². The van der Waals surface area contributed by atoms with Gasteiger partial charge in [-0.15, -0.1) is 0 Å². The van der Waals surface area contributed by atoms with Crippen molar-refractivity contribution in [2.24, 2.45) is 0 Å². The van der Waals surface area contributed by atoms with Crippen molar-refractivity contribution in [3.63, 3.8) is 0 Å². The molecule has 0 aliphatic carbocycles. The predicted octanol–water partition coefficient (Wildman–Crippen LogP) is 1.95. The van der Waals surface area contributed by atoms with E-state index in [0.29, 0.717) is 5.56 Å². The van der Waals surface area contributed by atoms with Gasteiger partial charge in [-0.3, -0.25) is 4.79 Å². The van der Waals surface area contributed by atoms with Crippen LogP contribution in [0.3, 0.4) is 0 Å². The predicted molar refractivity (Wildman–Crippen MR) is 61.9 cm³/mol. The average Bonchev–Trinajstić information content (AvgIpc) is 2.30. The zero-order valence-electron chi connectivity index (χ0n) is 8.99. The lowest BCUT2D eigenvalue weighted by Gasteiger charge is -2.02. The fourth-order valence-electron chi connectivity index (χ4n) is 1.09. The Morgan fingerprint density at radius 2 is 2.18 bits per heavy atom. The standard InChI is InChI=1S/C12H9ClO4/c1-17-12(16)9-7-8(5-6-10(9)13)3-2-4-11(14)15/h5-7H,4H2,1H3,(H,14,15). The van der Waals surface area contributed by atoms with Crippen LogP contribution in [0.2, 0.25) is 5.02 Å². The summed E-state index contributed by atoms with van der Waals surface area (Å²) in [6.07, 6.45) is -0.254. The molecule has 0 aliphatic rings. The van der Waals surface area contributed by atoms with E-state index in [0.717, 1.165) is 0 Å². The Morgan fingerprint density at radius 1 is 1.47 bits per heavy atom. The van der Waals surface area contributed by atoms with Crippen LogP contribution in [0.1, 0.15) is 22.3 Å². The van der Waals surface area contributed by atoms with Crippen LogP contribution < -0.4 is 0 Å². The first-order valence-electron chi connectivity index (χ1n) is 4.63. The number of rotatable bonds is 2. The van der Waals surface area contributed by atoms with Gasteiger partial charge >= 0.3 is 11.9 Å². The normalized spacial score (nSPS) is 9.06. The first-order chi connectivity index (χ1) is 8.04. The van der Waals surface area contributed by atoms with E-state index in [-0.39, 0.29) is 17.0 Å². The third-order valence-electron chi connectivity index (χ3n) is 1.84. The van der Waals surface area contributed by atoms with Crippen molar-refractivity contribution >= 4 is 23.5 Å². The number of aliphatic carboxylic acids is 1. The topological polar surface area (TPSA) is 63.6 Å². The molecule has 0 aromatic heterocycles. The number of carbonyl (C=O) groups excluding carboxylic acids is 1. The Kier molecular flexibility index (Phi) is 4.56. The number of ether oxygens (including phenoxy) is 1. The molecule has 0 atom stereocenters. The Hall–Kier alpha value is -1.99. The Labute approximate surface area is 103 Å². The summed E-state index contributed by atoms with van der Waals surface area (Å²) in [6.45, 7) is 0. The minimum absolute atomic E-state index is 0.205. The molecule has 0 spiro atoms. The lowest BCUT2D eigenvalue weighted by Crippen LogP contribution is -2.02. The van der Waals surface area contributed by atoms with Crippen molar-refractivity contribution in [3.05, 3.63) is 34.3 Å². The molecule has 4 nitrogen and oxygen atoms in total. The number of halogens is 1. The van der Waals surface area contributed by atoms with Gasteiger partial charge in [0.1, 0.15) is 6.42 Å². The number of hydrogen-bond donors (Lipinski definition) is 1. The molecule has 0 aliphatic heterocycles. The van der Waals surface area contributed by atoms with E-state index in [4.69, 9.17) is 16.7 Å². The molecule has 0 radical (unpaired) electrons. The van der Waals surface area contributed by atoms with E-state index in [1.54, 1.807) is 6.07 Å². The fourth-order valence-corrected chi connectivity index (χ4v) is 1.29. The van der Waals surface area contributed by atoms with E-state index < -0.39 is 11.9 Å². The molecular weight excluding hydrogens is 244 g/mol. The first-order valence-corrected chi connectivity index (χ1v) is 5.01. The van der Waals surface area contributed by atoms with Crippen molar-refractivity contribution in [2.45, 2.75) is 6.42 Å². The van der Waals surface area contributed by atoms with Crippen molar-refractivity contribution in [2.75, 3.05) is 7.11 Å². The molecular formula is C12H9ClO4. The monoisotopic (exact) mass is 252 g/mol. The highest BCUT2D eigenvalue weighted by Crippen LogP contribution is 2.18. The SMILES string of the molecule is COC(=O)c1cc(C#CCC(=O)O)ccc1Cl. The van der Waals surface area contributed by atoms with E-state index in [9.17, 15) is 9.59 Å². The van der Waals surface area contributed by atoms with Gasteiger partial charge in [-0.05, 0) is 18.2 Å². The number of carboxylic acid groups (broad SMARTS) is 1. The van der Waals surface area contributed by atoms with Gasteiger partial charge in [-0.25, -0.2) is 4.79 Å². The molecule has 1 aromatic carbocycles. The number of carbonyl (C=O) groups is 2. The minimum atomic E-state index is -1.00. The number of benzene rings is 1. The lowest BCUT2D eigenvalue weighted by atomic mass is 10.1. The molecule has 0 heterocycles. The Bertz CT molecular complexity index is 511. The average molecular weight is 253 g/mol. The molecule has 1 rings (SSSR count). The summed E-state index contributed by atoms with van der Waals surface area (Å²) in [5, 5.41) is 8.68. The molecule has 0 bridgehead atoms. The Balaban J connectivity index is 2.99. The molecule has 88 valence electrons. The highest BCUT2D eigenvalue weighted by molar-refractivity contribution is 6.33. The zero-order chi connectivity index (χ0) is 12.8. The largest absolute Gasteiger partial charge is 0.481 e. The van der Waals surface area contributed by atoms with Gasteiger partial charge in [0.25, 0.3) is 0 Å². The maximum absolute atomic E-state index is 11.3. The fraction of sp³-hybridized carbons (Fsp3) is 0.167. The van der Waals surface area contributed by atoms with E-state index in [1.807, 2.05) is 0 Å². The highest BCUT2D eigenvalue weighted by Gasteiger charge is 2.10. The van der Waals surface area contributed by atoms with Crippen LogP contribution in [0.4, 0.5) is 0 Å². The molecule has 0 fully saturated rings. The van der Waals surface area contributed by atoms with Gasteiger partial charge in [0.15, 0.2) is 0 Å². The summed E-state index contributed by atoms with van der Waals surface area (Å²) < 4.78 is 4.55. The van der Waals surface area contributed by atoms with Gasteiger partial charge in [-0.1, -0.05) is 23.4 Å². The number of methoxy groups -OCH3 is 1. The molecule has 0 saturated carbocycles. The van der Waals surface area contributed by atoms with E-state index in [1.165, 1.54) is 19.2 Å². The molecule has 1 aromatic rings. The van der Waals surface area contributed by atoms with Crippen LogP contribution in [-0.2, 0) is 9.53 Å². The first kappa shape index (κ1) is 13.1. The quantitative estimate of drug-likeness (QED) is 0.645. The summed E-state index contributed by atoms with van der Waals surface area (Å²) in [6, 6.07) is 4.57. The van der Waals surface area contributed by atoms with Crippen LogP contribution in [0.5, 0.6) is 0 Å². The molecule has 0 saturated heterocycles. The second kappa shape index (κ2) is 5.92. The number of esters is 1. The highest BCUT2D eigenvalue weighted by atomic mass is 35.5. The lowest BCUT2D eigenvalue weighted by molar-refractivity contribution is -0.135. The Morgan fingerprint density at radius 3 is 2.76 bits per heavy atom. The molecule has 17 heavy (non-hydrogen) atoms. The smallest absolute Gasteiger partial charge is 0.339 e. The van der Waals surface area contributed by atoms with Gasteiger partial charge in [0, 0.05) is 5.56 Å². The maximum Gasteiger partial charge on any atom is 0.339 e. The van der Waals surface area contributed by atoms with Crippen LogP contribution in [0, 0.1) is 11.8 Å². The van der Waals surface area contributed by atoms with E-state index in [2.05, 4.69) is 16.6 Å². The summed E-state index contributed by atoms with van der Waals surface area (Å²) in [4.78, 5) is 21.6. The molecule has 1 N–H and O–H groups in total. The summed E-state index contributed by atoms with van der Waals surface area (Å²) >= 11 is 5.81. The van der Waals surface area contributed by atoms with Crippen molar-refractivity contribution in [1.29, 1.82) is 0 Å². The van der Waals surface area contributed by atoms with Crippen LogP contribution in [0.25, 0.3) is 0 Å². The summed E-state index contributed by atoms with van der Waals surface area (Å²) in [7, 11) is 1.25. The number of carboxylic acids is 1. The number of hydrogen-bond acceptors (Lipinski definition) is 3. The van der Waals surface area contributed by atoms with Gasteiger partial charge in [0.2, 0.25) is 0 Å². The van der Waals surface area contributed by atoms with Crippen LogP contribution >= 0.6 is 11.6 Å². The van der Waals surface area contributed by atoms with Crippen molar-refractivity contribution in [1.82, 2.24) is 0 Å². The molecule has 0 unspecified atom stereocenters. The zero-order valence-corrected chi connectivity index (χ0v) is 9.75. The second-order valence-electron chi connectivity index (χ2n) is 3.06. The van der Waals surface area contributed by atoms with E-state index >= 15 is 0 Å². The third kappa shape index (κ3) is 3.82. The summed E-state index contributed by atoms with van der Waals surface area (Å²) in [5.74, 6) is 3.53. The van der Waals surface area contributed by atoms with Gasteiger partial charge < -0.3 is 9.84 Å². The van der Waals surface area contributed by atoms with Gasteiger partial charge in [-0.2, -0.15) is 0 Å². The summed E-state index contributed by atoms with van der Waals surface area (Å²) in [5.41, 5.74) is 0.715. The minimum Gasteiger partial charge on any atom is -0.481 e. The molecule has 5 heteroatoms. The molecule has 0 amide bonds. The maximum atomic E-state index is 11.3. The van der Waals surface area contributed by atoms with Crippen molar-refractivity contribution < 1.29 is 19.4 Å². The third-order valence-corrected chi connectivity index (χ3v) is 2.17. The second-order valence-corrected chi connectivity index (χ2v) is 3.47. The van der Waals surface area contributed by atoms with Crippen LogP contribution in [-0.4, -0.2) is 24.2 Å². The van der Waals surface area contributed by atoms with Crippen molar-refractivity contribution in [3.8, 4) is 11.8 Å². The van der Waals surface area contributed by atoms with Gasteiger partial charge in [0.05, 0.1) is 17.7 Å².